The van der Waals surface area contributed by atoms with Gasteiger partial charge in [-0.05, 0) is 31.2 Å². The second-order valence-electron chi connectivity index (χ2n) is 4.86. The van der Waals surface area contributed by atoms with E-state index in [9.17, 15) is 9.18 Å². The van der Waals surface area contributed by atoms with Crippen molar-refractivity contribution in [2.24, 2.45) is 0 Å². The van der Waals surface area contributed by atoms with E-state index in [1.807, 2.05) is 0 Å². The molecule has 0 aliphatic carbocycles. The van der Waals surface area contributed by atoms with Gasteiger partial charge in [-0.3, -0.25) is 15.1 Å². The van der Waals surface area contributed by atoms with E-state index in [4.69, 9.17) is 4.74 Å². The van der Waals surface area contributed by atoms with E-state index in [0.29, 0.717) is 38.9 Å². The molecule has 3 rings (SSSR count). The van der Waals surface area contributed by atoms with Gasteiger partial charge in [-0.2, -0.15) is 0 Å². The van der Waals surface area contributed by atoms with Crippen LogP contribution < -0.4 is 5.32 Å². The standard InChI is InChI=1S/C15H13FN4O2S/c1-8-5-11(10-6-9(16)3-4-12(10)17-8)14(21)18-15-20-19-13(23-15)7-22-2/h3-6H,7H2,1-2H3,(H,18,20,21). The molecule has 1 amide bonds. The number of aryl methyl sites for hydroxylation is 1. The van der Waals surface area contributed by atoms with Gasteiger partial charge in [0.05, 0.1) is 11.1 Å². The number of anilines is 1. The minimum atomic E-state index is -0.421. The predicted octanol–water partition coefficient (Wildman–Crippen LogP) is 2.93. The maximum Gasteiger partial charge on any atom is 0.258 e. The molecule has 3 aromatic rings. The van der Waals surface area contributed by atoms with Crippen LogP contribution in [0.3, 0.4) is 0 Å². The van der Waals surface area contributed by atoms with E-state index in [1.54, 1.807) is 26.2 Å². The van der Waals surface area contributed by atoms with Crippen molar-refractivity contribution in [2.45, 2.75) is 13.5 Å². The number of benzene rings is 1. The van der Waals surface area contributed by atoms with Gasteiger partial charge in [0.1, 0.15) is 17.4 Å². The molecule has 0 bridgehead atoms. The van der Waals surface area contributed by atoms with E-state index in [-0.39, 0.29) is 5.91 Å². The van der Waals surface area contributed by atoms with Crippen LogP contribution >= 0.6 is 11.3 Å². The minimum Gasteiger partial charge on any atom is -0.377 e. The SMILES string of the molecule is COCc1nnc(NC(=O)c2cc(C)nc3ccc(F)cc23)s1. The summed E-state index contributed by atoms with van der Waals surface area (Å²) >= 11 is 1.22. The summed E-state index contributed by atoms with van der Waals surface area (Å²) in [5.41, 5.74) is 1.58. The number of ether oxygens (including phenoxy) is 1. The van der Waals surface area contributed by atoms with Gasteiger partial charge in [0.25, 0.3) is 5.91 Å². The highest BCUT2D eigenvalue weighted by Crippen LogP contribution is 2.22. The molecule has 2 aromatic heterocycles. The number of fused-ring (bicyclic) bond motifs is 1. The molecule has 8 heteroatoms. The molecule has 0 saturated carbocycles. The highest BCUT2D eigenvalue weighted by molar-refractivity contribution is 7.15. The van der Waals surface area contributed by atoms with Gasteiger partial charge in [-0.25, -0.2) is 4.39 Å². The number of carbonyl (C=O) groups is 1. The third-order valence-corrected chi connectivity index (χ3v) is 3.91. The Morgan fingerprint density at radius 1 is 1.35 bits per heavy atom. The van der Waals surface area contributed by atoms with Crippen molar-refractivity contribution in [1.29, 1.82) is 0 Å². The minimum absolute atomic E-state index is 0.329. The molecule has 0 saturated heterocycles. The Kier molecular flexibility index (Phi) is 4.26. The maximum absolute atomic E-state index is 13.5. The van der Waals surface area contributed by atoms with Crippen LogP contribution in [0.1, 0.15) is 21.1 Å². The lowest BCUT2D eigenvalue weighted by molar-refractivity contribution is 0.102. The molecule has 0 atom stereocenters. The van der Waals surface area contributed by atoms with E-state index in [0.717, 1.165) is 0 Å². The molecule has 0 fully saturated rings. The Morgan fingerprint density at radius 3 is 2.96 bits per heavy atom. The molecule has 2 heterocycles. The summed E-state index contributed by atoms with van der Waals surface area (Å²) in [6.07, 6.45) is 0. The lowest BCUT2D eigenvalue weighted by Crippen LogP contribution is -2.13. The second-order valence-corrected chi connectivity index (χ2v) is 5.92. The van der Waals surface area contributed by atoms with Gasteiger partial charge in [-0.15, -0.1) is 10.2 Å². The lowest BCUT2D eigenvalue weighted by atomic mass is 10.1. The van der Waals surface area contributed by atoms with E-state index in [2.05, 4.69) is 20.5 Å². The molecule has 0 radical (unpaired) electrons. The van der Waals surface area contributed by atoms with Gasteiger partial charge in [0, 0.05) is 18.2 Å². The average Bonchev–Trinajstić information content (AvgIpc) is 2.94. The zero-order chi connectivity index (χ0) is 16.4. The maximum atomic E-state index is 13.5. The average molecular weight is 332 g/mol. The Morgan fingerprint density at radius 2 is 2.17 bits per heavy atom. The smallest absolute Gasteiger partial charge is 0.258 e. The number of halogens is 1. The van der Waals surface area contributed by atoms with Crippen molar-refractivity contribution in [3.63, 3.8) is 0 Å². The summed E-state index contributed by atoms with van der Waals surface area (Å²) < 4.78 is 18.5. The molecule has 23 heavy (non-hydrogen) atoms. The first-order chi connectivity index (χ1) is 11.1. The van der Waals surface area contributed by atoms with Gasteiger partial charge >= 0.3 is 0 Å². The number of nitrogens with zero attached hydrogens (tertiary/aromatic N) is 3. The first-order valence-electron chi connectivity index (χ1n) is 6.76. The van der Waals surface area contributed by atoms with Crippen molar-refractivity contribution < 1.29 is 13.9 Å². The normalized spacial score (nSPS) is 10.9. The topological polar surface area (TPSA) is 77.0 Å². The summed E-state index contributed by atoms with van der Waals surface area (Å²) in [7, 11) is 1.56. The van der Waals surface area contributed by atoms with Crippen LogP contribution in [0.15, 0.2) is 24.3 Å². The summed E-state index contributed by atoms with van der Waals surface area (Å²) in [5, 5.41) is 11.9. The molecule has 1 N–H and O–H groups in total. The number of nitrogens with one attached hydrogen (secondary N) is 1. The number of hydrogen-bond donors (Lipinski definition) is 1. The number of rotatable bonds is 4. The van der Waals surface area contributed by atoms with Gasteiger partial charge in [0.15, 0.2) is 0 Å². The summed E-state index contributed by atoms with van der Waals surface area (Å²) in [4.78, 5) is 16.8. The molecule has 0 aliphatic rings. The lowest BCUT2D eigenvalue weighted by Gasteiger charge is -2.07. The predicted molar refractivity (Wildman–Crippen MR) is 85.0 cm³/mol. The van der Waals surface area contributed by atoms with Crippen LogP contribution in [-0.4, -0.2) is 28.2 Å². The quantitative estimate of drug-likeness (QED) is 0.795. The number of aromatic nitrogens is 3. The van der Waals surface area contributed by atoms with E-state index in [1.165, 1.54) is 23.5 Å². The van der Waals surface area contributed by atoms with Crippen molar-refractivity contribution in [3.8, 4) is 0 Å². The zero-order valence-electron chi connectivity index (χ0n) is 12.5. The van der Waals surface area contributed by atoms with Crippen LogP contribution in [-0.2, 0) is 11.3 Å². The Hall–Kier alpha value is -2.45. The number of methoxy groups -OCH3 is 1. The highest BCUT2D eigenvalue weighted by Gasteiger charge is 2.15. The summed E-state index contributed by atoms with van der Waals surface area (Å²) in [6, 6.07) is 5.79. The summed E-state index contributed by atoms with van der Waals surface area (Å²) in [5.74, 6) is -0.804. The Bertz CT molecular complexity index is 881. The molecular formula is C15H13FN4O2S. The van der Waals surface area contributed by atoms with Gasteiger partial charge in [-0.1, -0.05) is 11.3 Å². The fourth-order valence-electron chi connectivity index (χ4n) is 2.17. The van der Waals surface area contributed by atoms with Crippen LogP contribution in [0.25, 0.3) is 10.9 Å². The number of carbonyl (C=O) groups excluding carboxylic acids is 1. The van der Waals surface area contributed by atoms with Crippen molar-refractivity contribution in [2.75, 3.05) is 12.4 Å². The molecule has 0 spiro atoms. The molecule has 0 aliphatic heterocycles. The molecule has 118 valence electrons. The first kappa shape index (κ1) is 15.4. The van der Waals surface area contributed by atoms with E-state index >= 15 is 0 Å². The van der Waals surface area contributed by atoms with Crippen molar-refractivity contribution >= 4 is 33.3 Å². The van der Waals surface area contributed by atoms with E-state index < -0.39 is 5.82 Å². The Labute approximate surface area is 135 Å². The van der Waals surface area contributed by atoms with Crippen LogP contribution in [0.5, 0.6) is 0 Å². The number of pyridine rings is 1. The second kappa shape index (κ2) is 6.35. The number of hydrogen-bond acceptors (Lipinski definition) is 6. The fraction of sp³-hybridized carbons (Fsp3) is 0.200. The van der Waals surface area contributed by atoms with Crippen LogP contribution in [0.2, 0.25) is 0 Å². The fourth-order valence-corrected chi connectivity index (χ4v) is 2.88. The molecule has 1 aromatic carbocycles. The summed E-state index contributed by atoms with van der Waals surface area (Å²) in [6.45, 7) is 2.11. The molecule has 0 unspecified atom stereocenters. The van der Waals surface area contributed by atoms with Crippen LogP contribution in [0.4, 0.5) is 9.52 Å². The third kappa shape index (κ3) is 3.33. The van der Waals surface area contributed by atoms with Crippen molar-refractivity contribution in [1.82, 2.24) is 15.2 Å². The van der Waals surface area contributed by atoms with Crippen LogP contribution in [0, 0.1) is 12.7 Å². The molecular weight excluding hydrogens is 319 g/mol. The Balaban J connectivity index is 1.94. The van der Waals surface area contributed by atoms with Gasteiger partial charge in [0.2, 0.25) is 5.13 Å². The largest absolute Gasteiger partial charge is 0.377 e. The molecule has 6 nitrogen and oxygen atoms in total. The zero-order valence-corrected chi connectivity index (χ0v) is 13.3. The van der Waals surface area contributed by atoms with Crippen molar-refractivity contribution in [3.05, 3.63) is 46.3 Å². The highest BCUT2D eigenvalue weighted by atomic mass is 32.1. The van der Waals surface area contributed by atoms with Gasteiger partial charge < -0.3 is 4.74 Å². The number of amides is 1. The first-order valence-corrected chi connectivity index (χ1v) is 7.58. The monoisotopic (exact) mass is 332 g/mol. The third-order valence-electron chi connectivity index (χ3n) is 3.10.